The van der Waals surface area contributed by atoms with Crippen LogP contribution in [-0.4, -0.2) is 38.4 Å². The zero-order valence-corrected chi connectivity index (χ0v) is 16.2. The molecule has 3 rings (SSSR count). The van der Waals surface area contributed by atoms with Gasteiger partial charge in [0.15, 0.2) is 0 Å². The molecule has 0 radical (unpaired) electrons. The molecule has 2 fully saturated rings. The van der Waals surface area contributed by atoms with Gasteiger partial charge in [-0.15, -0.1) is 12.4 Å². The van der Waals surface area contributed by atoms with Gasteiger partial charge in [0.25, 0.3) is 5.69 Å². The first-order valence-corrected chi connectivity index (χ1v) is 10.1. The standard InChI is InChI=1S/C16H22N4O5S.ClH/c17-15-11-5-4-10(8-11)14(15)16(21)18-6-7-19-26(24,25)13-3-1-2-12(9-13)20(22)23;/h1-3,9-11,14-15,19H,4-8,17H2,(H,18,21);1H. The Hall–Kier alpha value is -1.75. The van der Waals surface area contributed by atoms with Gasteiger partial charge in [-0.25, -0.2) is 13.1 Å². The molecular formula is C16H23ClN4O5S. The molecule has 9 nitrogen and oxygen atoms in total. The number of nitro benzene ring substituents is 1. The quantitative estimate of drug-likeness (QED) is 0.339. The molecule has 2 saturated carbocycles. The number of carbonyl (C=O) groups excluding carboxylic acids is 1. The minimum Gasteiger partial charge on any atom is -0.354 e. The maximum atomic E-state index is 12.3. The Morgan fingerprint density at radius 1 is 1.26 bits per heavy atom. The zero-order valence-electron chi connectivity index (χ0n) is 14.5. The summed E-state index contributed by atoms with van der Waals surface area (Å²) in [5.74, 6) is 0.432. The van der Waals surface area contributed by atoms with E-state index >= 15 is 0 Å². The molecule has 4 unspecified atom stereocenters. The fourth-order valence-electron chi connectivity index (χ4n) is 4.06. The fourth-order valence-corrected chi connectivity index (χ4v) is 5.13. The summed E-state index contributed by atoms with van der Waals surface area (Å²) < 4.78 is 26.7. The van der Waals surface area contributed by atoms with Crippen molar-refractivity contribution in [2.45, 2.75) is 30.2 Å². The van der Waals surface area contributed by atoms with E-state index in [1.807, 2.05) is 0 Å². The minimum absolute atomic E-state index is 0. The van der Waals surface area contributed by atoms with E-state index in [4.69, 9.17) is 5.73 Å². The van der Waals surface area contributed by atoms with Crippen LogP contribution < -0.4 is 15.8 Å². The van der Waals surface area contributed by atoms with Crippen LogP contribution in [0.25, 0.3) is 0 Å². The molecule has 1 amide bonds. The van der Waals surface area contributed by atoms with E-state index in [1.54, 1.807) is 0 Å². The topological polar surface area (TPSA) is 144 Å². The van der Waals surface area contributed by atoms with Crippen LogP contribution >= 0.6 is 12.4 Å². The van der Waals surface area contributed by atoms with Gasteiger partial charge in [0, 0.05) is 31.3 Å². The fraction of sp³-hybridized carbons (Fsp3) is 0.562. The predicted octanol–water partition coefficient (Wildman–Crippen LogP) is 0.785. The monoisotopic (exact) mass is 418 g/mol. The van der Waals surface area contributed by atoms with Crippen LogP contribution in [0, 0.1) is 27.9 Å². The number of nitrogens with zero attached hydrogens (tertiary/aromatic N) is 1. The second kappa shape index (κ2) is 8.51. The second-order valence-corrected chi connectivity index (χ2v) is 8.65. The highest BCUT2D eigenvalue weighted by atomic mass is 35.5. The number of nitro groups is 1. The molecule has 11 heteroatoms. The summed E-state index contributed by atoms with van der Waals surface area (Å²) in [7, 11) is -3.88. The van der Waals surface area contributed by atoms with Gasteiger partial charge in [-0.05, 0) is 37.2 Å². The molecule has 2 aliphatic rings. The molecule has 0 heterocycles. The lowest BCUT2D eigenvalue weighted by molar-refractivity contribution is -0.385. The first-order valence-electron chi connectivity index (χ1n) is 8.57. The van der Waals surface area contributed by atoms with Gasteiger partial charge in [-0.2, -0.15) is 0 Å². The van der Waals surface area contributed by atoms with Crippen molar-refractivity contribution in [3.05, 3.63) is 34.4 Å². The van der Waals surface area contributed by atoms with Crippen molar-refractivity contribution in [3.8, 4) is 0 Å². The number of carbonyl (C=O) groups is 1. The van der Waals surface area contributed by atoms with E-state index in [2.05, 4.69) is 10.0 Å². The van der Waals surface area contributed by atoms with Crippen LogP contribution in [0.5, 0.6) is 0 Å². The first kappa shape index (κ1) is 21.5. The van der Waals surface area contributed by atoms with Crippen molar-refractivity contribution in [1.29, 1.82) is 0 Å². The summed E-state index contributed by atoms with van der Waals surface area (Å²) >= 11 is 0. The number of sulfonamides is 1. The molecule has 0 aromatic heterocycles. The summed E-state index contributed by atoms with van der Waals surface area (Å²) in [5, 5.41) is 13.5. The van der Waals surface area contributed by atoms with Crippen LogP contribution in [0.3, 0.4) is 0 Å². The van der Waals surface area contributed by atoms with Gasteiger partial charge < -0.3 is 11.1 Å². The van der Waals surface area contributed by atoms with Crippen molar-refractivity contribution in [2.24, 2.45) is 23.5 Å². The highest BCUT2D eigenvalue weighted by Crippen LogP contribution is 2.47. The van der Waals surface area contributed by atoms with Crippen molar-refractivity contribution in [2.75, 3.05) is 13.1 Å². The molecule has 27 heavy (non-hydrogen) atoms. The van der Waals surface area contributed by atoms with Crippen LogP contribution in [-0.2, 0) is 14.8 Å². The summed E-state index contributed by atoms with van der Waals surface area (Å²) in [4.78, 5) is 22.2. The molecule has 2 bridgehead atoms. The van der Waals surface area contributed by atoms with Crippen LogP contribution in [0.1, 0.15) is 19.3 Å². The van der Waals surface area contributed by atoms with E-state index in [9.17, 15) is 23.3 Å². The third kappa shape index (κ3) is 4.57. The number of benzene rings is 1. The molecule has 2 aliphatic carbocycles. The Labute approximate surface area is 163 Å². The highest BCUT2D eigenvalue weighted by molar-refractivity contribution is 7.89. The Morgan fingerprint density at radius 2 is 1.96 bits per heavy atom. The van der Waals surface area contributed by atoms with E-state index in [1.165, 1.54) is 18.2 Å². The Bertz CT molecular complexity index is 817. The minimum atomic E-state index is -3.88. The molecule has 4 N–H and O–H groups in total. The molecule has 0 spiro atoms. The van der Waals surface area contributed by atoms with Crippen LogP contribution in [0.2, 0.25) is 0 Å². The predicted molar refractivity (Wildman–Crippen MR) is 101 cm³/mol. The first-order chi connectivity index (χ1) is 12.3. The molecule has 0 saturated heterocycles. The zero-order chi connectivity index (χ0) is 18.9. The molecule has 0 aliphatic heterocycles. The third-order valence-electron chi connectivity index (χ3n) is 5.34. The number of nitrogens with one attached hydrogen (secondary N) is 2. The average molecular weight is 419 g/mol. The average Bonchev–Trinajstić information content (AvgIpc) is 3.20. The Balaban J connectivity index is 0.00000261. The smallest absolute Gasteiger partial charge is 0.270 e. The van der Waals surface area contributed by atoms with Gasteiger partial charge in [0.2, 0.25) is 15.9 Å². The highest BCUT2D eigenvalue weighted by Gasteiger charge is 2.48. The molecular weight excluding hydrogens is 396 g/mol. The number of halogens is 1. The number of nitrogens with two attached hydrogens (primary N) is 1. The largest absolute Gasteiger partial charge is 0.354 e. The molecule has 1 aromatic carbocycles. The van der Waals surface area contributed by atoms with Gasteiger partial charge in [0.1, 0.15) is 0 Å². The number of hydrogen-bond acceptors (Lipinski definition) is 6. The number of fused-ring (bicyclic) bond motifs is 2. The SMILES string of the molecule is Cl.NC1C2CCC(C2)C1C(=O)NCCNS(=O)(=O)c1cccc([N+](=O)[O-])c1. The summed E-state index contributed by atoms with van der Waals surface area (Å²) in [6.45, 7) is 0.125. The van der Waals surface area contributed by atoms with E-state index in [0.717, 1.165) is 25.3 Å². The van der Waals surface area contributed by atoms with E-state index < -0.39 is 14.9 Å². The van der Waals surface area contributed by atoms with Gasteiger partial charge in [-0.1, -0.05) is 6.07 Å². The number of amides is 1. The van der Waals surface area contributed by atoms with Gasteiger partial charge in [0.05, 0.1) is 15.7 Å². The number of non-ortho nitro benzene ring substituents is 1. The van der Waals surface area contributed by atoms with Crippen molar-refractivity contribution in [3.63, 3.8) is 0 Å². The Morgan fingerprint density at radius 3 is 2.59 bits per heavy atom. The number of hydrogen-bond donors (Lipinski definition) is 3. The lowest BCUT2D eigenvalue weighted by Crippen LogP contribution is -2.46. The maximum Gasteiger partial charge on any atom is 0.270 e. The lowest BCUT2D eigenvalue weighted by atomic mass is 9.84. The van der Waals surface area contributed by atoms with Gasteiger partial charge >= 0.3 is 0 Å². The van der Waals surface area contributed by atoms with Crippen molar-refractivity contribution >= 4 is 34.0 Å². The van der Waals surface area contributed by atoms with Crippen LogP contribution in [0.4, 0.5) is 5.69 Å². The molecule has 4 atom stereocenters. The van der Waals surface area contributed by atoms with Gasteiger partial charge in [-0.3, -0.25) is 14.9 Å². The number of rotatable bonds is 7. The maximum absolute atomic E-state index is 12.3. The summed E-state index contributed by atoms with van der Waals surface area (Å²) in [5.41, 5.74) is 5.83. The van der Waals surface area contributed by atoms with E-state index in [0.29, 0.717) is 11.8 Å². The Kier molecular flexibility index (Phi) is 6.79. The van der Waals surface area contributed by atoms with E-state index in [-0.39, 0.29) is 53.9 Å². The third-order valence-corrected chi connectivity index (χ3v) is 6.80. The second-order valence-electron chi connectivity index (χ2n) is 6.88. The van der Waals surface area contributed by atoms with Crippen LogP contribution in [0.15, 0.2) is 29.2 Å². The summed E-state index contributed by atoms with van der Waals surface area (Å²) in [6, 6.07) is 4.69. The van der Waals surface area contributed by atoms with Crippen molar-refractivity contribution in [1.82, 2.24) is 10.0 Å². The normalized spacial score (nSPS) is 26.4. The van der Waals surface area contributed by atoms with Crippen molar-refractivity contribution < 1.29 is 18.1 Å². The molecule has 1 aromatic rings. The lowest BCUT2D eigenvalue weighted by Gasteiger charge is -2.27. The summed E-state index contributed by atoms with van der Waals surface area (Å²) in [6.07, 6.45) is 3.10. The molecule has 150 valence electrons.